The Morgan fingerprint density at radius 2 is 1.63 bits per heavy atom. The van der Waals surface area contributed by atoms with Gasteiger partial charge in [-0.1, -0.05) is 27.2 Å². The maximum Gasteiger partial charge on any atom is 0.0568 e. The Kier molecular flexibility index (Phi) is 7.35. The van der Waals surface area contributed by atoms with Crippen molar-refractivity contribution >= 4 is 11.8 Å². The van der Waals surface area contributed by atoms with Crippen LogP contribution in [0.2, 0.25) is 0 Å². The average Bonchev–Trinajstić information content (AvgIpc) is 3.32. The third-order valence-corrected chi connectivity index (χ3v) is 14.1. The van der Waals surface area contributed by atoms with Crippen molar-refractivity contribution in [2.24, 2.45) is 46.8 Å². The van der Waals surface area contributed by atoms with E-state index in [1.807, 2.05) is 0 Å². The minimum Gasteiger partial charge on any atom is -0.393 e. The molecule has 35 heavy (non-hydrogen) atoms. The van der Waals surface area contributed by atoms with Crippen molar-refractivity contribution in [3.8, 4) is 0 Å². The summed E-state index contributed by atoms with van der Waals surface area (Å²) in [6.07, 6.45) is 16.7. The zero-order valence-electron chi connectivity index (χ0n) is 23.0. The van der Waals surface area contributed by atoms with Crippen LogP contribution >= 0.6 is 11.8 Å². The molecule has 11 atom stereocenters. The third kappa shape index (κ3) is 4.27. The Hall–Kier alpha value is 0.230. The maximum atomic E-state index is 10.6. The molecule has 0 amide bonds. The summed E-state index contributed by atoms with van der Waals surface area (Å²) in [4.78, 5) is 2.79. The zero-order chi connectivity index (χ0) is 24.2. The lowest BCUT2D eigenvalue weighted by Crippen LogP contribution is -2.61. The molecule has 6 aliphatic rings. The highest BCUT2D eigenvalue weighted by Gasteiger charge is 2.60. The van der Waals surface area contributed by atoms with Gasteiger partial charge in [-0.3, -0.25) is 4.90 Å². The molecule has 1 heterocycles. The number of aliphatic hydroxyl groups excluding tert-OH is 1. The van der Waals surface area contributed by atoms with Gasteiger partial charge in [0.25, 0.3) is 0 Å². The molecule has 1 aliphatic heterocycles. The van der Waals surface area contributed by atoms with E-state index in [1.54, 1.807) is 0 Å². The first-order chi connectivity index (χ1) is 17.0. The van der Waals surface area contributed by atoms with E-state index >= 15 is 0 Å². The number of nitrogens with zero attached hydrogens (tertiary/aromatic N) is 1. The fourth-order valence-corrected chi connectivity index (χ4v) is 12.3. The van der Waals surface area contributed by atoms with E-state index in [-0.39, 0.29) is 6.10 Å². The van der Waals surface area contributed by atoms with Crippen molar-refractivity contribution in [2.75, 3.05) is 31.1 Å². The number of nitrogens with one attached hydrogen (secondary N) is 1. The van der Waals surface area contributed by atoms with Gasteiger partial charge < -0.3 is 10.4 Å². The molecule has 6 rings (SSSR count). The maximum absolute atomic E-state index is 10.6. The number of hydrogen-bond donors (Lipinski definition) is 2. The van der Waals surface area contributed by atoms with Crippen molar-refractivity contribution in [2.45, 2.75) is 116 Å². The molecule has 1 saturated heterocycles. The van der Waals surface area contributed by atoms with Crippen molar-refractivity contribution in [3.05, 3.63) is 0 Å². The van der Waals surface area contributed by atoms with Gasteiger partial charge in [-0.15, -0.1) is 0 Å². The largest absolute Gasteiger partial charge is 0.393 e. The minimum atomic E-state index is -0.0449. The Morgan fingerprint density at radius 1 is 0.886 bits per heavy atom. The van der Waals surface area contributed by atoms with Crippen LogP contribution in [0.15, 0.2) is 0 Å². The summed E-state index contributed by atoms with van der Waals surface area (Å²) in [5.74, 6) is 8.75. The molecule has 4 heteroatoms. The molecule has 6 fully saturated rings. The topological polar surface area (TPSA) is 35.5 Å². The number of aliphatic hydroxyl groups is 1. The number of hydrogen-bond acceptors (Lipinski definition) is 4. The number of thioether (sulfide) groups is 1. The second-order valence-corrected chi connectivity index (χ2v) is 15.3. The van der Waals surface area contributed by atoms with E-state index in [4.69, 9.17) is 0 Å². The Morgan fingerprint density at radius 3 is 2.40 bits per heavy atom. The molecule has 200 valence electrons. The van der Waals surface area contributed by atoms with E-state index in [1.165, 1.54) is 102 Å². The van der Waals surface area contributed by atoms with Gasteiger partial charge >= 0.3 is 0 Å². The minimum absolute atomic E-state index is 0.0449. The lowest BCUT2D eigenvalue weighted by molar-refractivity contribution is -0.150. The lowest BCUT2D eigenvalue weighted by atomic mass is 9.43. The van der Waals surface area contributed by atoms with Crippen LogP contribution in [0.25, 0.3) is 0 Å². The molecule has 0 bridgehead atoms. The average molecular weight is 503 g/mol. The molecule has 0 radical (unpaired) electrons. The van der Waals surface area contributed by atoms with Gasteiger partial charge in [0.05, 0.1) is 6.10 Å². The monoisotopic (exact) mass is 502 g/mol. The van der Waals surface area contributed by atoms with Crippen LogP contribution < -0.4 is 5.32 Å². The Balaban J connectivity index is 1.15. The van der Waals surface area contributed by atoms with Crippen LogP contribution in [-0.4, -0.2) is 58.8 Å². The fourth-order valence-electron chi connectivity index (χ4n) is 11.3. The van der Waals surface area contributed by atoms with Gasteiger partial charge in [0.15, 0.2) is 0 Å². The summed E-state index contributed by atoms with van der Waals surface area (Å²) in [6, 6.07) is 0.735. The van der Waals surface area contributed by atoms with E-state index in [0.717, 1.165) is 48.0 Å². The highest BCUT2D eigenvalue weighted by atomic mass is 32.2. The Bertz CT molecular complexity index is 741. The van der Waals surface area contributed by atoms with Crippen LogP contribution in [0.4, 0.5) is 0 Å². The first-order valence-corrected chi connectivity index (χ1v) is 16.9. The van der Waals surface area contributed by atoms with Gasteiger partial charge in [0.1, 0.15) is 0 Å². The van der Waals surface area contributed by atoms with E-state index in [0.29, 0.717) is 16.9 Å². The summed E-state index contributed by atoms with van der Waals surface area (Å²) >= 11 is 2.14. The second-order valence-electron chi connectivity index (χ2n) is 14.1. The van der Waals surface area contributed by atoms with Crippen LogP contribution in [0.3, 0.4) is 0 Å². The van der Waals surface area contributed by atoms with E-state index in [2.05, 4.69) is 42.7 Å². The molecule has 0 spiro atoms. The van der Waals surface area contributed by atoms with Crippen LogP contribution in [0, 0.1) is 46.8 Å². The zero-order valence-corrected chi connectivity index (χ0v) is 23.8. The van der Waals surface area contributed by atoms with Gasteiger partial charge in [0.2, 0.25) is 0 Å². The summed E-state index contributed by atoms with van der Waals surface area (Å²) in [5.41, 5.74) is 0.951. The molecule has 0 aromatic rings. The van der Waals surface area contributed by atoms with Gasteiger partial charge in [-0.05, 0) is 117 Å². The molecule has 5 saturated carbocycles. The van der Waals surface area contributed by atoms with Gasteiger partial charge in [0, 0.05) is 42.7 Å². The van der Waals surface area contributed by atoms with Crippen LogP contribution in [0.5, 0.6) is 0 Å². The van der Waals surface area contributed by atoms with Crippen molar-refractivity contribution in [1.82, 2.24) is 10.2 Å². The van der Waals surface area contributed by atoms with E-state index < -0.39 is 0 Å². The quantitative estimate of drug-likeness (QED) is 0.469. The first-order valence-electron chi connectivity index (χ1n) is 15.7. The van der Waals surface area contributed by atoms with Gasteiger partial charge in [-0.25, -0.2) is 0 Å². The lowest BCUT2D eigenvalue weighted by Gasteiger charge is -2.63. The summed E-state index contributed by atoms with van der Waals surface area (Å²) in [5, 5.41) is 15.0. The van der Waals surface area contributed by atoms with Gasteiger partial charge in [-0.2, -0.15) is 11.8 Å². The highest BCUT2D eigenvalue weighted by Crippen LogP contribution is 2.66. The van der Waals surface area contributed by atoms with E-state index in [9.17, 15) is 5.11 Å². The molecule has 3 nitrogen and oxygen atoms in total. The molecular formula is C31H54N2OS. The first kappa shape index (κ1) is 25.5. The molecule has 5 aliphatic carbocycles. The summed E-state index contributed by atoms with van der Waals surface area (Å²) in [6.45, 7) is 11.3. The Labute approximate surface area is 220 Å². The number of fused-ring (bicyclic) bond motifs is 7. The smallest absolute Gasteiger partial charge is 0.0568 e. The molecular weight excluding hydrogens is 448 g/mol. The SMILES string of the molecule is CCC(CNC12CCC[C@@H]1C1CCC3C(CCC4C(C)C(O)CCC43C)C1CC2)N1CCSCC1. The normalized spacial score (nSPS) is 51.1. The van der Waals surface area contributed by atoms with Crippen molar-refractivity contribution in [3.63, 3.8) is 0 Å². The number of rotatable bonds is 5. The fraction of sp³-hybridized carbons (Fsp3) is 1.00. The molecule has 0 aromatic heterocycles. The van der Waals surface area contributed by atoms with Crippen LogP contribution in [0.1, 0.15) is 97.8 Å². The summed E-state index contributed by atoms with van der Waals surface area (Å²) < 4.78 is 0. The predicted molar refractivity (Wildman–Crippen MR) is 149 cm³/mol. The summed E-state index contributed by atoms with van der Waals surface area (Å²) in [7, 11) is 0. The molecule has 2 N–H and O–H groups in total. The standard InChI is InChI=1S/C31H54N2OS/c1-4-22(33-16-18-35-19-17-33)20-32-31-13-5-6-28(31)25-8-10-27-24(23(25)11-15-31)7-9-26-21(2)29(34)12-14-30(26,27)3/h21-29,32,34H,4-20H2,1-3H3/t21?,22?,23?,24?,25?,26?,27?,28-,29?,30?,31?/m1/s1. The molecule has 10 unspecified atom stereocenters. The molecule has 0 aromatic carbocycles. The third-order valence-electron chi connectivity index (χ3n) is 13.2. The van der Waals surface area contributed by atoms with Crippen molar-refractivity contribution in [1.29, 1.82) is 0 Å². The highest BCUT2D eigenvalue weighted by molar-refractivity contribution is 7.99. The predicted octanol–water partition coefficient (Wildman–Crippen LogP) is 6.20. The van der Waals surface area contributed by atoms with Crippen LogP contribution in [-0.2, 0) is 0 Å². The second kappa shape index (κ2) is 10.1. The van der Waals surface area contributed by atoms with Crippen molar-refractivity contribution < 1.29 is 5.11 Å².